The summed E-state index contributed by atoms with van der Waals surface area (Å²) in [6.45, 7) is 6.17. The summed E-state index contributed by atoms with van der Waals surface area (Å²) in [5.74, 6) is -1.25. The van der Waals surface area contributed by atoms with Gasteiger partial charge in [0.05, 0.1) is 24.5 Å². The summed E-state index contributed by atoms with van der Waals surface area (Å²) < 4.78 is 12.9. The summed E-state index contributed by atoms with van der Waals surface area (Å²) in [6, 6.07) is 15.8. The zero-order chi connectivity index (χ0) is 28.6. The van der Waals surface area contributed by atoms with Gasteiger partial charge < -0.3 is 19.5 Å². The zero-order valence-corrected chi connectivity index (χ0v) is 23.2. The third-order valence-electron chi connectivity index (χ3n) is 7.44. The summed E-state index contributed by atoms with van der Waals surface area (Å²) in [5, 5.41) is 13.8. The largest absolute Gasteiger partial charge is 0.478 e. The first kappa shape index (κ1) is 27.2. The first-order valence-electron chi connectivity index (χ1n) is 13.4. The van der Waals surface area contributed by atoms with Gasteiger partial charge in [0.1, 0.15) is 17.8 Å². The molecule has 0 unspecified atom stereocenters. The molecule has 2 amide bonds. The maximum absolute atomic E-state index is 13.7. The molecule has 1 atom stereocenters. The molecule has 1 fully saturated rings. The second kappa shape index (κ2) is 10.7. The molecule has 1 saturated heterocycles. The molecule has 210 valence electrons. The molecule has 0 bridgehead atoms. The minimum atomic E-state index is -1.13. The smallest absolute Gasteiger partial charge is 0.410 e. The predicted molar refractivity (Wildman–Crippen MR) is 147 cm³/mol. The van der Waals surface area contributed by atoms with Crippen molar-refractivity contribution in [1.82, 2.24) is 19.6 Å². The number of hydrogen-bond acceptors (Lipinski definition) is 6. The van der Waals surface area contributed by atoms with Crippen LogP contribution in [0.2, 0.25) is 0 Å². The number of rotatable bonds is 6. The Morgan fingerprint density at radius 1 is 1.05 bits per heavy atom. The number of carbonyl (C=O) groups is 3. The Labute approximate surface area is 233 Å². The highest BCUT2D eigenvalue weighted by molar-refractivity contribution is 5.88. The number of carboxylic acids is 1. The highest BCUT2D eigenvalue weighted by atomic mass is 16.6. The van der Waals surface area contributed by atoms with Crippen LogP contribution in [0.1, 0.15) is 60.3 Å². The van der Waals surface area contributed by atoms with Crippen LogP contribution in [0.15, 0.2) is 54.7 Å². The molecule has 2 aromatic carbocycles. The van der Waals surface area contributed by atoms with Gasteiger partial charge in [-0.25, -0.2) is 14.4 Å². The van der Waals surface area contributed by atoms with Crippen LogP contribution >= 0.6 is 0 Å². The van der Waals surface area contributed by atoms with Crippen LogP contribution < -0.4 is 0 Å². The first-order chi connectivity index (χ1) is 19.0. The van der Waals surface area contributed by atoms with Crippen LogP contribution in [0.3, 0.4) is 0 Å². The average molecular weight is 547 g/mol. The molecule has 1 aliphatic carbocycles. The molecule has 1 N–H and O–H groups in total. The molecule has 1 aliphatic heterocycles. The van der Waals surface area contributed by atoms with Crippen molar-refractivity contribution in [2.45, 2.75) is 51.3 Å². The van der Waals surface area contributed by atoms with Crippen LogP contribution in [0.5, 0.6) is 0 Å². The van der Waals surface area contributed by atoms with E-state index in [1.165, 1.54) is 15.8 Å². The van der Waals surface area contributed by atoms with Crippen molar-refractivity contribution in [3.63, 3.8) is 0 Å². The Hall–Kier alpha value is -4.34. The molecule has 1 aromatic heterocycles. The molecule has 5 rings (SSSR count). The van der Waals surface area contributed by atoms with E-state index < -0.39 is 23.8 Å². The average Bonchev–Trinajstić information content (AvgIpc) is 3.61. The Morgan fingerprint density at radius 3 is 2.27 bits per heavy atom. The van der Waals surface area contributed by atoms with Crippen molar-refractivity contribution in [3.8, 4) is 11.1 Å². The maximum Gasteiger partial charge on any atom is 0.410 e. The Kier molecular flexibility index (Phi) is 7.27. The molecule has 2 aliphatic rings. The lowest BCUT2D eigenvalue weighted by Gasteiger charge is -2.30. The number of likely N-dealkylation sites (tertiary alicyclic amines) is 1. The van der Waals surface area contributed by atoms with Crippen molar-refractivity contribution in [3.05, 3.63) is 77.1 Å². The zero-order valence-electron chi connectivity index (χ0n) is 23.2. The number of amides is 2. The van der Waals surface area contributed by atoms with E-state index in [-0.39, 0.29) is 37.2 Å². The van der Waals surface area contributed by atoms with E-state index in [1.54, 1.807) is 32.7 Å². The lowest BCUT2D eigenvalue weighted by molar-refractivity contribution is 0.0271. The van der Waals surface area contributed by atoms with Crippen molar-refractivity contribution in [2.24, 2.45) is 7.05 Å². The summed E-state index contributed by atoms with van der Waals surface area (Å²) in [5.41, 5.74) is 4.19. The number of carbonyl (C=O) groups excluding carboxylic acids is 2. The molecule has 3 aromatic rings. The Balaban J connectivity index is 1.38. The normalized spacial score (nSPS) is 16.4. The predicted octanol–water partition coefficient (Wildman–Crippen LogP) is 4.88. The number of nitrogens with zero attached hydrogens (tertiary/aromatic N) is 4. The van der Waals surface area contributed by atoms with E-state index >= 15 is 0 Å². The van der Waals surface area contributed by atoms with Gasteiger partial charge >= 0.3 is 18.2 Å². The van der Waals surface area contributed by atoms with Gasteiger partial charge in [0.15, 0.2) is 0 Å². The lowest BCUT2D eigenvalue weighted by Crippen LogP contribution is -2.44. The fraction of sp³-hybridized carbons (Fsp3) is 0.400. The number of fused-ring (bicyclic) bond motifs is 3. The van der Waals surface area contributed by atoms with Crippen LogP contribution in [-0.4, -0.2) is 74.2 Å². The van der Waals surface area contributed by atoms with Gasteiger partial charge in [0.25, 0.3) is 0 Å². The number of carboxylic acid groups (broad SMARTS) is 1. The third-order valence-corrected chi connectivity index (χ3v) is 7.44. The van der Waals surface area contributed by atoms with Crippen LogP contribution in [0.25, 0.3) is 11.1 Å². The third kappa shape index (κ3) is 5.38. The maximum atomic E-state index is 13.7. The minimum Gasteiger partial charge on any atom is -0.478 e. The van der Waals surface area contributed by atoms with Gasteiger partial charge in [-0.3, -0.25) is 9.58 Å². The number of ether oxygens (including phenoxy) is 2. The number of aryl methyl sites for hydroxylation is 1. The van der Waals surface area contributed by atoms with Gasteiger partial charge in [-0.2, -0.15) is 5.10 Å². The molecule has 10 heteroatoms. The van der Waals surface area contributed by atoms with E-state index in [2.05, 4.69) is 29.4 Å². The quantitative estimate of drug-likeness (QED) is 0.469. The fourth-order valence-corrected chi connectivity index (χ4v) is 5.50. The van der Waals surface area contributed by atoms with E-state index in [1.807, 2.05) is 24.3 Å². The molecular weight excluding hydrogens is 512 g/mol. The highest BCUT2D eigenvalue weighted by Crippen LogP contribution is 2.44. The van der Waals surface area contributed by atoms with Crippen molar-refractivity contribution in [2.75, 3.05) is 19.7 Å². The Bertz CT molecular complexity index is 1400. The molecule has 0 spiro atoms. The van der Waals surface area contributed by atoms with Gasteiger partial charge in [0.2, 0.25) is 0 Å². The van der Waals surface area contributed by atoms with Crippen molar-refractivity contribution >= 4 is 18.2 Å². The van der Waals surface area contributed by atoms with E-state index in [4.69, 9.17) is 9.47 Å². The van der Waals surface area contributed by atoms with E-state index in [9.17, 15) is 19.5 Å². The van der Waals surface area contributed by atoms with E-state index in [0.29, 0.717) is 18.7 Å². The van der Waals surface area contributed by atoms with E-state index in [0.717, 1.165) is 22.3 Å². The number of hydrogen-bond donors (Lipinski definition) is 1. The monoisotopic (exact) mass is 546 g/mol. The minimum absolute atomic E-state index is 0.0148. The Morgan fingerprint density at radius 2 is 1.68 bits per heavy atom. The second-order valence-corrected chi connectivity index (χ2v) is 11.2. The van der Waals surface area contributed by atoms with Crippen LogP contribution in [-0.2, 0) is 23.1 Å². The van der Waals surface area contributed by atoms with Crippen LogP contribution in [0.4, 0.5) is 9.59 Å². The van der Waals surface area contributed by atoms with Gasteiger partial charge in [-0.1, -0.05) is 48.5 Å². The molecule has 10 nitrogen and oxygen atoms in total. The summed E-state index contributed by atoms with van der Waals surface area (Å²) >= 11 is 0. The topological polar surface area (TPSA) is 114 Å². The highest BCUT2D eigenvalue weighted by Gasteiger charge is 2.37. The van der Waals surface area contributed by atoms with Gasteiger partial charge in [-0.15, -0.1) is 0 Å². The second-order valence-electron chi connectivity index (χ2n) is 11.2. The number of benzene rings is 2. The molecule has 0 saturated carbocycles. The number of aromatic nitrogens is 2. The lowest BCUT2D eigenvalue weighted by atomic mass is 9.98. The van der Waals surface area contributed by atoms with Crippen molar-refractivity contribution in [1.29, 1.82) is 0 Å². The standard InChI is InChI=1S/C30H34N4O6/c1-30(2,3)40-28(37)33-14-13-19(16-33)34(17-26-24(27(35)36)15-31-32(26)4)29(38)39-18-25-22-11-7-5-9-20(22)21-10-6-8-12-23(21)25/h5-12,15,19,25H,13-14,16-18H2,1-4H3,(H,35,36)/t19-/m0/s1. The van der Waals surface area contributed by atoms with Crippen LogP contribution in [0, 0.1) is 0 Å². The molecular formula is C30H34N4O6. The first-order valence-corrected chi connectivity index (χ1v) is 13.4. The molecule has 0 radical (unpaired) electrons. The summed E-state index contributed by atoms with van der Waals surface area (Å²) in [4.78, 5) is 41.4. The van der Waals surface area contributed by atoms with Gasteiger partial charge in [0, 0.05) is 26.1 Å². The molecule has 2 heterocycles. The van der Waals surface area contributed by atoms with Gasteiger partial charge in [-0.05, 0) is 49.4 Å². The SMILES string of the molecule is Cn1ncc(C(=O)O)c1CN(C(=O)OCC1c2ccccc2-c2ccccc21)[C@H]1CCN(C(=O)OC(C)(C)C)C1. The molecule has 40 heavy (non-hydrogen) atoms. The number of aromatic carboxylic acids is 1. The fourth-order valence-electron chi connectivity index (χ4n) is 5.50. The summed E-state index contributed by atoms with van der Waals surface area (Å²) in [7, 11) is 1.64. The summed E-state index contributed by atoms with van der Waals surface area (Å²) in [6.07, 6.45) is 0.753. The van der Waals surface area contributed by atoms with Crippen molar-refractivity contribution < 1.29 is 29.0 Å².